The molecule has 1 unspecified atom stereocenters. The molecule has 1 aliphatic heterocycles. The Bertz CT molecular complexity index is 61.4. The lowest BCUT2D eigenvalue weighted by molar-refractivity contribution is 0.0705. The molecule has 1 fully saturated rings. The lowest BCUT2D eigenvalue weighted by atomic mass is 10.3. The van der Waals surface area contributed by atoms with Crippen molar-refractivity contribution in [1.29, 1.82) is 0 Å². The van der Waals surface area contributed by atoms with E-state index in [2.05, 4.69) is 0 Å². The van der Waals surface area contributed by atoms with Crippen LogP contribution in [0.25, 0.3) is 0 Å². The van der Waals surface area contributed by atoms with Crippen LogP contribution >= 0.6 is 11.6 Å². The molecule has 8 heavy (non-hydrogen) atoms. The fourth-order valence-electron chi connectivity index (χ4n) is 0.733. The highest BCUT2D eigenvalue weighted by Gasteiger charge is 2.14. The van der Waals surface area contributed by atoms with Crippen LogP contribution in [0, 0.1) is 0 Å². The van der Waals surface area contributed by atoms with Crippen LogP contribution in [-0.2, 0) is 9.47 Å². The second-order valence-electron chi connectivity index (χ2n) is 1.76. The van der Waals surface area contributed by atoms with Crippen LogP contribution in [0.4, 0.5) is 0 Å². The van der Waals surface area contributed by atoms with Crippen LogP contribution in [0.3, 0.4) is 0 Å². The first-order chi connectivity index (χ1) is 3.93. The number of hydrogen-bond acceptors (Lipinski definition) is 2. The third kappa shape index (κ3) is 1.62. The van der Waals surface area contributed by atoms with E-state index < -0.39 is 0 Å². The minimum absolute atomic E-state index is 0.257. The lowest BCUT2D eigenvalue weighted by Gasteiger charge is -2.03. The summed E-state index contributed by atoms with van der Waals surface area (Å²) in [7, 11) is 0. The highest BCUT2D eigenvalue weighted by atomic mass is 35.5. The predicted octanol–water partition coefficient (Wildman–Crippen LogP) is 0.988. The number of alkyl halides is 1. The summed E-state index contributed by atoms with van der Waals surface area (Å²) in [4.78, 5) is 0. The minimum Gasteiger partial charge on any atom is -0.379 e. The zero-order chi connectivity index (χ0) is 5.82. The molecular formula is C5H9ClO2. The van der Waals surface area contributed by atoms with Gasteiger partial charge in [-0.1, -0.05) is 11.6 Å². The second kappa shape index (κ2) is 3.28. The average molecular weight is 137 g/mol. The molecular weight excluding hydrogens is 128 g/mol. The Morgan fingerprint density at radius 1 is 1.75 bits per heavy atom. The van der Waals surface area contributed by atoms with E-state index in [1.165, 1.54) is 0 Å². The molecule has 0 bridgehead atoms. The van der Waals surface area contributed by atoms with Crippen LogP contribution in [0.2, 0.25) is 0 Å². The molecule has 3 heteroatoms. The van der Waals surface area contributed by atoms with Crippen molar-refractivity contribution in [3.8, 4) is 0 Å². The largest absolute Gasteiger partial charge is 0.379 e. The first-order valence-corrected chi connectivity index (χ1v) is 3.22. The minimum atomic E-state index is 0.257. The van der Waals surface area contributed by atoms with Crippen LogP contribution in [-0.4, -0.2) is 25.4 Å². The highest BCUT2D eigenvalue weighted by molar-refractivity contribution is 6.17. The lowest BCUT2D eigenvalue weighted by Crippen LogP contribution is -2.10. The summed E-state index contributed by atoms with van der Waals surface area (Å²) < 4.78 is 10.1. The third-order valence-electron chi connectivity index (χ3n) is 1.19. The molecule has 0 aromatic carbocycles. The summed E-state index contributed by atoms with van der Waals surface area (Å²) in [5.74, 6) is 0. The Morgan fingerprint density at radius 2 is 2.62 bits per heavy atom. The first-order valence-electron chi connectivity index (χ1n) is 2.69. The van der Waals surface area contributed by atoms with Gasteiger partial charge in [-0.15, -0.1) is 0 Å². The number of halogens is 1. The van der Waals surface area contributed by atoms with Crippen LogP contribution < -0.4 is 0 Å². The van der Waals surface area contributed by atoms with Crippen molar-refractivity contribution in [3.05, 3.63) is 0 Å². The van der Waals surface area contributed by atoms with E-state index in [9.17, 15) is 0 Å². The van der Waals surface area contributed by atoms with Gasteiger partial charge in [-0.2, -0.15) is 0 Å². The third-order valence-corrected chi connectivity index (χ3v) is 1.31. The van der Waals surface area contributed by atoms with Gasteiger partial charge in [0.15, 0.2) is 0 Å². The van der Waals surface area contributed by atoms with E-state index in [-0.39, 0.29) is 12.2 Å². The standard InChI is InChI=1S/C5H9ClO2/c6-4-8-5-1-2-7-3-5/h5H,1-4H2. The highest BCUT2D eigenvalue weighted by Crippen LogP contribution is 2.07. The molecule has 2 nitrogen and oxygen atoms in total. The summed E-state index contributed by atoms with van der Waals surface area (Å²) in [5.41, 5.74) is 0. The first kappa shape index (κ1) is 6.33. The van der Waals surface area contributed by atoms with Gasteiger partial charge in [-0.25, -0.2) is 0 Å². The van der Waals surface area contributed by atoms with Gasteiger partial charge in [0.1, 0.15) is 6.07 Å². The van der Waals surface area contributed by atoms with Crippen molar-refractivity contribution in [3.63, 3.8) is 0 Å². The van der Waals surface area contributed by atoms with E-state index in [4.69, 9.17) is 21.1 Å². The number of rotatable bonds is 2. The number of hydrogen-bond donors (Lipinski definition) is 0. The predicted molar refractivity (Wildman–Crippen MR) is 31.0 cm³/mol. The molecule has 1 rings (SSSR count). The summed E-state index contributed by atoms with van der Waals surface area (Å²) in [6.07, 6.45) is 1.25. The molecule has 0 aromatic rings. The molecule has 1 heterocycles. The Balaban J connectivity index is 2.06. The Labute approximate surface area is 53.7 Å². The molecule has 1 saturated heterocycles. The molecule has 0 saturated carbocycles. The maximum absolute atomic E-state index is 5.30. The zero-order valence-electron chi connectivity index (χ0n) is 4.60. The van der Waals surface area contributed by atoms with E-state index in [1.807, 2.05) is 0 Å². The van der Waals surface area contributed by atoms with Crippen molar-refractivity contribution in [2.45, 2.75) is 12.5 Å². The maximum Gasteiger partial charge on any atom is 0.121 e. The smallest absolute Gasteiger partial charge is 0.121 e. The summed E-state index contributed by atoms with van der Waals surface area (Å²) in [6.45, 7) is 1.54. The molecule has 1 aliphatic rings. The van der Waals surface area contributed by atoms with Gasteiger partial charge in [0, 0.05) is 6.61 Å². The van der Waals surface area contributed by atoms with Crippen molar-refractivity contribution in [2.24, 2.45) is 0 Å². The summed E-state index contributed by atoms with van der Waals surface area (Å²) >= 11 is 5.30. The normalized spacial score (nSPS) is 28.9. The van der Waals surface area contributed by atoms with Gasteiger partial charge in [0.2, 0.25) is 0 Å². The van der Waals surface area contributed by atoms with Gasteiger partial charge < -0.3 is 9.47 Å². The molecule has 0 amide bonds. The molecule has 1 atom stereocenters. The quantitative estimate of drug-likeness (QED) is 0.527. The van der Waals surface area contributed by atoms with Crippen molar-refractivity contribution in [1.82, 2.24) is 0 Å². The van der Waals surface area contributed by atoms with Crippen LogP contribution in [0.15, 0.2) is 0 Å². The second-order valence-corrected chi connectivity index (χ2v) is 1.98. The van der Waals surface area contributed by atoms with E-state index in [0.29, 0.717) is 6.61 Å². The monoisotopic (exact) mass is 136 g/mol. The summed E-state index contributed by atoms with van der Waals surface area (Å²) in [5, 5.41) is 0. The Kier molecular flexibility index (Phi) is 2.59. The fraction of sp³-hybridized carbons (Fsp3) is 1.00. The van der Waals surface area contributed by atoms with Gasteiger partial charge in [-0.3, -0.25) is 0 Å². The molecule has 0 aliphatic carbocycles. The molecule has 0 radical (unpaired) electrons. The van der Waals surface area contributed by atoms with Gasteiger partial charge in [0.05, 0.1) is 12.7 Å². The average Bonchev–Trinajstić information content (AvgIpc) is 2.19. The Morgan fingerprint density at radius 3 is 3.12 bits per heavy atom. The van der Waals surface area contributed by atoms with Gasteiger partial charge in [0.25, 0.3) is 0 Å². The molecule has 0 aromatic heterocycles. The number of ether oxygens (including phenoxy) is 2. The van der Waals surface area contributed by atoms with Gasteiger partial charge >= 0.3 is 0 Å². The van der Waals surface area contributed by atoms with Crippen molar-refractivity contribution >= 4 is 11.6 Å². The van der Waals surface area contributed by atoms with Gasteiger partial charge in [-0.05, 0) is 6.42 Å². The van der Waals surface area contributed by atoms with Crippen molar-refractivity contribution in [2.75, 3.05) is 19.3 Å². The maximum atomic E-state index is 5.30. The molecule has 48 valence electrons. The molecule has 0 N–H and O–H groups in total. The SMILES string of the molecule is ClCOC1CCOC1. The van der Waals surface area contributed by atoms with Crippen LogP contribution in [0.5, 0.6) is 0 Å². The summed E-state index contributed by atoms with van der Waals surface area (Å²) in [6, 6.07) is 0.286. The van der Waals surface area contributed by atoms with E-state index in [1.54, 1.807) is 0 Å². The van der Waals surface area contributed by atoms with Crippen molar-refractivity contribution < 1.29 is 9.47 Å². The van der Waals surface area contributed by atoms with Crippen LogP contribution in [0.1, 0.15) is 6.42 Å². The molecule has 0 spiro atoms. The van der Waals surface area contributed by atoms with E-state index >= 15 is 0 Å². The topological polar surface area (TPSA) is 18.5 Å². The zero-order valence-corrected chi connectivity index (χ0v) is 5.36. The fourth-order valence-corrected chi connectivity index (χ4v) is 0.912. The Hall–Kier alpha value is 0.210. The van der Waals surface area contributed by atoms with E-state index in [0.717, 1.165) is 13.0 Å².